The lowest BCUT2D eigenvalue weighted by Gasteiger charge is -2.37. The number of likely N-dealkylation sites (tertiary alicyclic amines) is 1. The van der Waals surface area contributed by atoms with Crippen molar-refractivity contribution >= 4 is 25.2 Å². The number of aromatic nitrogens is 3. The van der Waals surface area contributed by atoms with Crippen LogP contribution in [0.5, 0.6) is 5.75 Å². The SMILES string of the molecule is Cc1cccc(-c2cn(COCC[Si](C)(C)C)c3nccc(OCC4(C)CCN(C(=O)O)CC4)c23)n1. The Balaban J connectivity index is 1.61. The van der Waals surface area contributed by atoms with E-state index in [2.05, 4.69) is 32.8 Å². The normalized spacial score (nSPS) is 15.9. The number of nitrogens with zero attached hydrogens (tertiary/aromatic N) is 4. The molecule has 8 nitrogen and oxygen atoms in total. The summed E-state index contributed by atoms with van der Waals surface area (Å²) in [5.41, 5.74) is 3.51. The third-order valence-corrected chi connectivity index (χ3v) is 8.63. The lowest BCUT2D eigenvalue weighted by atomic mass is 9.81. The molecule has 0 unspecified atom stereocenters. The smallest absolute Gasteiger partial charge is 0.407 e. The van der Waals surface area contributed by atoms with Crippen molar-refractivity contribution in [1.29, 1.82) is 0 Å². The van der Waals surface area contributed by atoms with Crippen LogP contribution in [0, 0.1) is 12.3 Å². The van der Waals surface area contributed by atoms with Gasteiger partial charge in [-0.25, -0.2) is 9.78 Å². The zero-order valence-corrected chi connectivity index (χ0v) is 23.1. The first-order valence-electron chi connectivity index (χ1n) is 12.6. The number of piperidine rings is 1. The molecule has 4 rings (SSSR count). The maximum Gasteiger partial charge on any atom is 0.407 e. The largest absolute Gasteiger partial charge is 0.492 e. The van der Waals surface area contributed by atoms with Crippen molar-refractivity contribution in [3.8, 4) is 17.0 Å². The van der Waals surface area contributed by atoms with Crippen LogP contribution in [0.3, 0.4) is 0 Å². The van der Waals surface area contributed by atoms with Gasteiger partial charge in [-0.15, -0.1) is 0 Å². The summed E-state index contributed by atoms with van der Waals surface area (Å²) in [4.78, 5) is 22.2. The molecule has 1 saturated heterocycles. The first-order valence-corrected chi connectivity index (χ1v) is 16.4. The molecule has 0 radical (unpaired) electrons. The van der Waals surface area contributed by atoms with Gasteiger partial charge in [0.25, 0.3) is 0 Å². The molecule has 0 saturated carbocycles. The summed E-state index contributed by atoms with van der Waals surface area (Å²) in [6, 6.07) is 9.03. The maximum atomic E-state index is 11.3. The van der Waals surface area contributed by atoms with E-state index in [1.807, 2.05) is 35.8 Å². The number of amides is 1. The Morgan fingerprint density at radius 3 is 2.61 bits per heavy atom. The molecule has 194 valence electrons. The number of ether oxygens (including phenoxy) is 2. The van der Waals surface area contributed by atoms with Gasteiger partial charge in [0, 0.05) is 56.8 Å². The summed E-state index contributed by atoms with van der Waals surface area (Å²) < 4.78 is 14.6. The summed E-state index contributed by atoms with van der Waals surface area (Å²) in [5, 5.41) is 10.2. The highest BCUT2D eigenvalue weighted by molar-refractivity contribution is 6.76. The molecule has 9 heteroatoms. The number of carboxylic acid groups (broad SMARTS) is 1. The van der Waals surface area contributed by atoms with Crippen LogP contribution in [0.15, 0.2) is 36.7 Å². The van der Waals surface area contributed by atoms with Gasteiger partial charge in [-0.2, -0.15) is 0 Å². The highest BCUT2D eigenvalue weighted by Crippen LogP contribution is 2.38. The second-order valence-corrected chi connectivity index (χ2v) is 17.0. The van der Waals surface area contributed by atoms with Crippen molar-refractivity contribution in [3.05, 3.63) is 42.4 Å². The lowest BCUT2D eigenvalue weighted by Crippen LogP contribution is -2.43. The van der Waals surface area contributed by atoms with Gasteiger partial charge >= 0.3 is 6.09 Å². The highest BCUT2D eigenvalue weighted by atomic mass is 28.3. The quantitative estimate of drug-likeness (QED) is 0.286. The molecule has 3 aromatic heterocycles. The number of rotatable bonds is 9. The Kier molecular flexibility index (Phi) is 7.70. The minimum atomic E-state index is -1.17. The number of fused-ring (bicyclic) bond motifs is 1. The third-order valence-electron chi connectivity index (χ3n) is 6.93. The van der Waals surface area contributed by atoms with Crippen LogP contribution in [0.2, 0.25) is 25.7 Å². The van der Waals surface area contributed by atoms with Crippen molar-refractivity contribution in [1.82, 2.24) is 19.4 Å². The van der Waals surface area contributed by atoms with Gasteiger partial charge in [0.2, 0.25) is 0 Å². The number of carbonyl (C=O) groups is 1. The van der Waals surface area contributed by atoms with Crippen molar-refractivity contribution in [2.24, 2.45) is 5.41 Å². The average molecular weight is 511 g/mol. The molecule has 4 heterocycles. The van der Waals surface area contributed by atoms with Crippen molar-refractivity contribution in [2.45, 2.75) is 59.1 Å². The minimum Gasteiger partial charge on any atom is -0.492 e. The molecule has 36 heavy (non-hydrogen) atoms. The molecule has 1 fully saturated rings. The summed E-state index contributed by atoms with van der Waals surface area (Å²) in [5.74, 6) is 0.765. The van der Waals surface area contributed by atoms with E-state index < -0.39 is 14.2 Å². The zero-order valence-electron chi connectivity index (χ0n) is 22.1. The number of aryl methyl sites for hydroxylation is 1. The molecular weight excluding hydrogens is 472 g/mol. The molecule has 0 atom stereocenters. The highest BCUT2D eigenvalue weighted by Gasteiger charge is 2.33. The standard InChI is InChI=1S/C27H38N4O4Si/c1-20-7-6-8-22(29-20)21-17-31(19-34-15-16-36(3,4)5)25-24(21)23(9-12-28-25)35-18-27(2)10-13-30(14-11-27)26(32)33/h6-9,12,17H,10-11,13-16,18-19H2,1-5H3,(H,32,33). The van der Waals surface area contributed by atoms with Crippen LogP contribution >= 0.6 is 0 Å². The Morgan fingerprint density at radius 1 is 1.19 bits per heavy atom. The summed E-state index contributed by atoms with van der Waals surface area (Å²) in [7, 11) is -1.17. The van der Waals surface area contributed by atoms with Gasteiger partial charge in [0.15, 0.2) is 0 Å². The topological polar surface area (TPSA) is 89.7 Å². The molecule has 1 aliphatic heterocycles. The first kappa shape index (κ1) is 26.2. The summed E-state index contributed by atoms with van der Waals surface area (Å²) >= 11 is 0. The summed E-state index contributed by atoms with van der Waals surface area (Å²) in [6.45, 7) is 13.9. The predicted octanol–water partition coefficient (Wildman–Crippen LogP) is 5.88. The fourth-order valence-corrected chi connectivity index (χ4v) is 5.22. The molecule has 0 bridgehead atoms. The van der Waals surface area contributed by atoms with Crippen LogP contribution in [0.25, 0.3) is 22.3 Å². The van der Waals surface area contributed by atoms with Crippen LogP contribution in [0.1, 0.15) is 25.5 Å². The zero-order chi connectivity index (χ0) is 25.9. The Morgan fingerprint density at radius 2 is 1.94 bits per heavy atom. The van der Waals surface area contributed by atoms with E-state index in [9.17, 15) is 9.90 Å². The number of hydrogen-bond donors (Lipinski definition) is 1. The monoisotopic (exact) mass is 510 g/mol. The van der Waals surface area contributed by atoms with Gasteiger partial charge < -0.3 is 24.0 Å². The van der Waals surface area contributed by atoms with E-state index in [4.69, 9.17) is 19.4 Å². The van der Waals surface area contributed by atoms with Gasteiger partial charge in [-0.1, -0.05) is 32.6 Å². The summed E-state index contributed by atoms with van der Waals surface area (Å²) in [6.07, 6.45) is 4.53. The fraction of sp³-hybridized carbons (Fsp3) is 0.519. The second kappa shape index (κ2) is 10.6. The van der Waals surface area contributed by atoms with Crippen LogP contribution in [0.4, 0.5) is 4.79 Å². The van der Waals surface area contributed by atoms with Gasteiger partial charge in [0.05, 0.1) is 17.7 Å². The molecular formula is C27H38N4O4Si. The Hall–Kier alpha value is -2.91. The Bertz CT molecular complexity index is 1210. The van der Waals surface area contributed by atoms with Crippen molar-refractivity contribution < 1.29 is 19.4 Å². The maximum absolute atomic E-state index is 11.3. The fourth-order valence-electron chi connectivity index (χ4n) is 4.47. The van der Waals surface area contributed by atoms with E-state index in [-0.39, 0.29) is 5.41 Å². The molecule has 1 N–H and O–H groups in total. The van der Waals surface area contributed by atoms with Crippen LogP contribution in [-0.4, -0.2) is 65.0 Å². The van der Waals surface area contributed by atoms with Gasteiger partial charge in [-0.3, -0.25) is 4.98 Å². The van der Waals surface area contributed by atoms with E-state index >= 15 is 0 Å². The van der Waals surface area contributed by atoms with Crippen LogP contribution < -0.4 is 4.74 Å². The van der Waals surface area contributed by atoms with E-state index in [0.717, 1.165) is 59.2 Å². The van der Waals surface area contributed by atoms with Crippen molar-refractivity contribution in [3.63, 3.8) is 0 Å². The molecule has 0 aliphatic carbocycles. The molecule has 0 aromatic carbocycles. The molecule has 1 aliphatic rings. The van der Waals surface area contributed by atoms with E-state index in [0.29, 0.717) is 26.4 Å². The predicted molar refractivity (Wildman–Crippen MR) is 144 cm³/mol. The van der Waals surface area contributed by atoms with E-state index in [1.54, 1.807) is 6.20 Å². The van der Waals surface area contributed by atoms with Gasteiger partial charge in [0.1, 0.15) is 18.1 Å². The number of pyridine rings is 2. The third kappa shape index (κ3) is 6.25. The molecule has 0 spiro atoms. The molecule has 3 aromatic rings. The van der Waals surface area contributed by atoms with Crippen molar-refractivity contribution in [2.75, 3.05) is 26.3 Å². The van der Waals surface area contributed by atoms with Crippen LogP contribution in [-0.2, 0) is 11.5 Å². The number of hydrogen-bond acceptors (Lipinski definition) is 5. The van der Waals surface area contributed by atoms with Gasteiger partial charge in [-0.05, 0) is 44.0 Å². The average Bonchev–Trinajstić information content (AvgIpc) is 3.20. The first-order chi connectivity index (χ1) is 17.0. The Labute approximate surface area is 214 Å². The van der Waals surface area contributed by atoms with E-state index in [1.165, 1.54) is 4.90 Å². The lowest BCUT2D eigenvalue weighted by molar-refractivity contribution is 0.0660. The minimum absolute atomic E-state index is 0.0915. The molecule has 1 amide bonds. The second-order valence-electron chi connectivity index (χ2n) is 11.4.